The van der Waals surface area contributed by atoms with Gasteiger partial charge in [-0.3, -0.25) is 30.4 Å². The van der Waals surface area contributed by atoms with Crippen LogP contribution >= 0.6 is 0 Å². The van der Waals surface area contributed by atoms with Gasteiger partial charge in [-0.05, 0) is 18.9 Å². The van der Waals surface area contributed by atoms with E-state index in [9.17, 15) is 25.0 Å². The molecule has 0 unspecified atom stereocenters. The zero-order valence-corrected chi connectivity index (χ0v) is 11.8. The van der Waals surface area contributed by atoms with Crippen molar-refractivity contribution >= 4 is 29.2 Å². The first-order chi connectivity index (χ1) is 10.4. The molecule has 22 heavy (non-hydrogen) atoms. The molecular formula is C12H15N5O5. The van der Waals surface area contributed by atoms with Crippen molar-refractivity contribution in [3.05, 3.63) is 38.4 Å². The quantitative estimate of drug-likeness (QED) is 0.325. The van der Waals surface area contributed by atoms with Crippen LogP contribution in [0.15, 0.2) is 23.3 Å². The molecule has 1 amide bonds. The molecule has 2 N–H and O–H groups in total. The highest BCUT2D eigenvalue weighted by atomic mass is 16.6. The maximum atomic E-state index is 10.9. The van der Waals surface area contributed by atoms with Gasteiger partial charge in [0.15, 0.2) is 0 Å². The SMILES string of the molecule is CC(=O)NCCCC=NNc1ccc([N+](=O)[O-])cc1[N+](=O)[O-]. The number of non-ortho nitro benzene ring substituents is 1. The number of unbranched alkanes of at least 4 members (excludes halogenated alkanes) is 1. The van der Waals surface area contributed by atoms with Crippen molar-refractivity contribution in [2.75, 3.05) is 12.0 Å². The standard InChI is InChI=1S/C12H15N5O5/c1-9(18)13-6-2-3-7-14-15-11-5-4-10(16(19)20)8-12(11)17(21)22/h4-5,7-8,15H,2-3,6H2,1H3,(H,13,18). The number of carbonyl (C=O) groups is 1. The van der Waals surface area contributed by atoms with Crippen molar-refractivity contribution in [3.8, 4) is 0 Å². The number of carbonyl (C=O) groups excluding carboxylic acids is 1. The molecule has 10 heteroatoms. The van der Waals surface area contributed by atoms with Gasteiger partial charge in [0.05, 0.1) is 15.9 Å². The van der Waals surface area contributed by atoms with Crippen molar-refractivity contribution in [3.63, 3.8) is 0 Å². The molecular weight excluding hydrogens is 294 g/mol. The lowest BCUT2D eigenvalue weighted by atomic mass is 10.2. The number of rotatable bonds is 8. The minimum atomic E-state index is -0.721. The van der Waals surface area contributed by atoms with E-state index in [4.69, 9.17) is 0 Å². The monoisotopic (exact) mass is 309 g/mol. The number of benzene rings is 1. The molecule has 10 nitrogen and oxygen atoms in total. The second-order valence-corrected chi connectivity index (χ2v) is 4.26. The fraction of sp³-hybridized carbons (Fsp3) is 0.333. The van der Waals surface area contributed by atoms with Crippen LogP contribution in [0.2, 0.25) is 0 Å². The summed E-state index contributed by atoms with van der Waals surface area (Å²) in [6.07, 6.45) is 2.74. The van der Waals surface area contributed by atoms with E-state index in [-0.39, 0.29) is 17.3 Å². The third-order valence-electron chi connectivity index (χ3n) is 2.55. The van der Waals surface area contributed by atoms with E-state index in [1.54, 1.807) is 0 Å². The number of amides is 1. The predicted octanol–water partition coefficient (Wildman–Crippen LogP) is 1.82. The van der Waals surface area contributed by atoms with Crippen LogP contribution in [0.1, 0.15) is 19.8 Å². The van der Waals surface area contributed by atoms with E-state index in [1.165, 1.54) is 19.2 Å². The molecule has 0 aliphatic carbocycles. The molecule has 0 spiro atoms. The lowest BCUT2D eigenvalue weighted by Gasteiger charge is -2.02. The van der Waals surface area contributed by atoms with Crippen LogP contribution in [0.25, 0.3) is 0 Å². The molecule has 0 saturated carbocycles. The van der Waals surface area contributed by atoms with Gasteiger partial charge in [0.1, 0.15) is 5.69 Å². The Hall–Kier alpha value is -3.04. The molecule has 0 aliphatic rings. The minimum Gasteiger partial charge on any atom is -0.356 e. The molecule has 0 fully saturated rings. The number of nitro groups is 2. The van der Waals surface area contributed by atoms with Crippen molar-refractivity contribution in [2.24, 2.45) is 5.10 Å². The summed E-state index contributed by atoms with van der Waals surface area (Å²) in [6, 6.07) is 3.25. The molecule has 1 rings (SSSR count). The largest absolute Gasteiger partial charge is 0.356 e. The third kappa shape index (κ3) is 5.53. The zero-order valence-electron chi connectivity index (χ0n) is 11.8. The average Bonchev–Trinajstić information content (AvgIpc) is 2.45. The first-order valence-electron chi connectivity index (χ1n) is 6.36. The fourth-order valence-corrected chi connectivity index (χ4v) is 1.52. The van der Waals surface area contributed by atoms with Crippen LogP contribution in [0, 0.1) is 20.2 Å². The van der Waals surface area contributed by atoms with Crippen LogP contribution in [0.4, 0.5) is 17.1 Å². The molecule has 0 atom stereocenters. The van der Waals surface area contributed by atoms with Gasteiger partial charge in [-0.25, -0.2) is 0 Å². The number of hydrogen-bond acceptors (Lipinski definition) is 7. The minimum absolute atomic E-state index is 0.0636. The highest BCUT2D eigenvalue weighted by Crippen LogP contribution is 2.28. The van der Waals surface area contributed by atoms with Gasteiger partial charge in [0, 0.05) is 25.7 Å². The maximum Gasteiger partial charge on any atom is 0.301 e. The molecule has 1 aromatic rings. The Kier molecular flexibility index (Phi) is 6.41. The Morgan fingerprint density at radius 3 is 2.64 bits per heavy atom. The summed E-state index contributed by atoms with van der Waals surface area (Å²) in [4.78, 5) is 30.7. The number of anilines is 1. The van der Waals surface area contributed by atoms with Gasteiger partial charge in [0.2, 0.25) is 5.91 Å². The summed E-state index contributed by atoms with van der Waals surface area (Å²) in [5, 5.41) is 27.9. The van der Waals surface area contributed by atoms with Crippen LogP contribution in [0.3, 0.4) is 0 Å². The smallest absolute Gasteiger partial charge is 0.301 e. The molecule has 0 radical (unpaired) electrons. The normalized spacial score (nSPS) is 10.4. The van der Waals surface area contributed by atoms with Crippen LogP contribution in [-0.4, -0.2) is 28.5 Å². The number of nitro benzene ring substituents is 2. The van der Waals surface area contributed by atoms with Crippen LogP contribution in [0.5, 0.6) is 0 Å². The summed E-state index contributed by atoms with van der Waals surface area (Å²) >= 11 is 0. The van der Waals surface area contributed by atoms with Crippen molar-refractivity contribution in [1.29, 1.82) is 0 Å². The molecule has 0 aliphatic heterocycles. The van der Waals surface area contributed by atoms with Crippen molar-refractivity contribution in [2.45, 2.75) is 19.8 Å². The van der Waals surface area contributed by atoms with Crippen molar-refractivity contribution in [1.82, 2.24) is 5.32 Å². The Bertz CT molecular complexity index is 602. The molecule has 0 bridgehead atoms. The number of nitrogens with one attached hydrogen (secondary N) is 2. The van der Waals surface area contributed by atoms with Gasteiger partial charge in [0.25, 0.3) is 5.69 Å². The second kappa shape index (κ2) is 8.29. The van der Waals surface area contributed by atoms with E-state index < -0.39 is 15.5 Å². The summed E-state index contributed by atoms with van der Waals surface area (Å²) in [7, 11) is 0. The van der Waals surface area contributed by atoms with E-state index in [2.05, 4.69) is 15.8 Å². The molecule has 0 heterocycles. The maximum absolute atomic E-state index is 10.9. The fourth-order valence-electron chi connectivity index (χ4n) is 1.52. The molecule has 118 valence electrons. The summed E-state index contributed by atoms with van der Waals surface area (Å²) in [6.45, 7) is 1.93. The van der Waals surface area contributed by atoms with Gasteiger partial charge in [-0.1, -0.05) is 0 Å². The summed E-state index contributed by atoms with van der Waals surface area (Å²) in [5.74, 6) is -0.114. The Balaban J connectivity index is 2.60. The summed E-state index contributed by atoms with van der Waals surface area (Å²) < 4.78 is 0. The van der Waals surface area contributed by atoms with Crippen molar-refractivity contribution < 1.29 is 14.6 Å². The van der Waals surface area contributed by atoms with E-state index >= 15 is 0 Å². The Morgan fingerprint density at radius 2 is 2.05 bits per heavy atom. The van der Waals surface area contributed by atoms with Crippen LogP contribution < -0.4 is 10.7 Å². The Labute approximate surface area is 125 Å². The Morgan fingerprint density at radius 1 is 1.32 bits per heavy atom. The highest BCUT2D eigenvalue weighted by molar-refractivity contribution is 5.72. The predicted molar refractivity (Wildman–Crippen MR) is 79.8 cm³/mol. The van der Waals surface area contributed by atoms with E-state index in [0.29, 0.717) is 19.4 Å². The molecule has 0 aromatic heterocycles. The highest BCUT2D eigenvalue weighted by Gasteiger charge is 2.18. The molecule has 0 saturated heterocycles. The number of hydrazone groups is 1. The summed E-state index contributed by atoms with van der Waals surface area (Å²) in [5.41, 5.74) is 1.75. The third-order valence-corrected chi connectivity index (χ3v) is 2.55. The topological polar surface area (TPSA) is 140 Å². The van der Waals surface area contributed by atoms with Crippen LogP contribution in [-0.2, 0) is 4.79 Å². The second-order valence-electron chi connectivity index (χ2n) is 4.26. The van der Waals surface area contributed by atoms with Gasteiger partial charge in [-0.15, -0.1) is 0 Å². The van der Waals surface area contributed by atoms with Gasteiger partial charge >= 0.3 is 5.69 Å². The first-order valence-corrected chi connectivity index (χ1v) is 6.36. The lowest BCUT2D eigenvalue weighted by Crippen LogP contribution is -2.20. The van der Waals surface area contributed by atoms with E-state index in [0.717, 1.165) is 12.1 Å². The number of hydrogen-bond donors (Lipinski definition) is 2. The molecule has 1 aromatic carbocycles. The average molecular weight is 309 g/mol. The first kappa shape index (κ1) is 17.0. The zero-order chi connectivity index (χ0) is 16.5. The van der Waals surface area contributed by atoms with Gasteiger partial charge < -0.3 is 5.32 Å². The lowest BCUT2D eigenvalue weighted by molar-refractivity contribution is -0.393. The van der Waals surface area contributed by atoms with E-state index in [1.807, 2.05) is 0 Å². The van der Waals surface area contributed by atoms with Gasteiger partial charge in [-0.2, -0.15) is 5.10 Å². The number of nitrogens with zero attached hydrogens (tertiary/aromatic N) is 3.